The predicted molar refractivity (Wildman–Crippen MR) is 94.8 cm³/mol. The Kier molecular flexibility index (Phi) is 7.98. The summed E-state index contributed by atoms with van der Waals surface area (Å²) in [5.41, 5.74) is 6.85. The largest absolute Gasteiger partial charge is 0.383 e. The molecule has 1 aromatic heterocycles. The van der Waals surface area contributed by atoms with E-state index in [2.05, 4.69) is 38.4 Å². The van der Waals surface area contributed by atoms with Crippen molar-refractivity contribution in [2.24, 2.45) is 5.73 Å². The lowest BCUT2D eigenvalue weighted by molar-refractivity contribution is -0.118. The van der Waals surface area contributed by atoms with E-state index in [0.717, 1.165) is 15.8 Å². The summed E-state index contributed by atoms with van der Waals surface area (Å²) in [7, 11) is 1.51. The molecule has 1 amide bonds. The highest BCUT2D eigenvalue weighted by Crippen LogP contribution is 2.22. The summed E-state index contributed by atoms with van der Waals surface area (Å²) in [5, 5.41) is 3.25. The number of carbonyl (C=O) groups excluding carboxylic acids is 1. The molecule has 0 fully saturated rings. The number of carbonyl (C=O) groups is 1. The minimum atomic E-state index is -0.686. The number of nitrogens with zero attached hydrogens (tertiary/aromatic N) is 1. The standard InChI is InChI=1S/C14H16BrN3O2S.ClH/c1-20-8-12(16)13(19)18-14-17-7-11(21-14)6-9-2-4-10(15)5-3-9;/h2-5,7,12H,6,8,16H2,1H3,(H,17,18,19);1H. The minimum Gasteiger partial charge on any atom is -0.383 e. The van der Waals surface area contributed by atoms with Gasteiger partial charge in [-0.2, -0.15) is 0 Å². The zero-order chi connectivity index (χ0) is 15.2. The number of halogens is 2. The van der Waals surface area contributed by atoms with Gasteiger partial charge in [0, 0.05) is 29.1 Å². The van der Waals surface area contributed by atoms with Crippen LogP contribution >= 0.6 is 39.7 Å². The van der Waals surface area contributed by atoms with Crippen LogP contribution < -0.4 is 11.1 Å². The van der Waals surface area contributed by atoms with Gasteiger partial charge in [0.25, 0.3) is 0 Å². The van der Waals surface area contributed by atoms with Crippen LogP contribution in [0.4, 0.5) is 5.13 Å². The van der Waals surface area contributed by atoms with Gasteiger partial charge in [-0.1, -0.05) is 28.1 Å². The van der Waals surface area contributed by atoms with Crippen molar-refractivity contribution in [3.05, 3.63) is 45.4 Å². The molecule has 3 N–H and O–H groups in total. The molecular formula is C14H17BrClN3O2S. The van der Waals surface area contributed by atoms with Crippen molar-refractivity contribution in [2.45, 2.75) is 12.5 Å². The third kappa shape index (κ3) is 5.66. The normalized spacial score (nSPS) is 11.6. The lowest BCUT2D eigenvalue weighted by Gasteiger charge is -2.08. The molecule has 22 heavy (non-hydrogen) atoms. The van der Waals surface area contributed by atoms with Crippen LogP contribution in [0.25, 0.3) is 0 Å². The predicted octanol–water partition coefficient (Wildman–Crippen LogP) is 2.83. The summed E-state index contributed by atoms with van der Waals surface area (Å²) >= 11 is 4.85. The van der Waals surface area contributed by atoms with E-state index in [1.54, 1.807) is 6.20 Å². The second-order valence-corrected chi connectivity index (χ2v) is 6.52. The highest BCUT2D eigenvalue weighted by molar-refractivity contribution is 9.10. The number of rotatable bonds is 6. The molecule has 2 aromatic rings. The molecule has 1 heterocycles. The van der Waals surface area contributed by atoms with Crippen molar-refractivity contribution in [3.63, 3.8) is 0 Å². The second kappa shape index (κ2) is 9.22. The van der Waals surface area contributed by atoms with Crippen LogP contribution in [-0.4, -0.2) is 30.6 Å². The summed E-state index contributed by atoms with van der Waals surface area (Å²) in [6.07, 6.45) is 2.55. The molecule has 120 valence electrons. The first-order valence-corrected chi connectivity index (χ1v) is 7.94. The number of methoxy groups -OCH3 is 1. The fourth-order valence-electron chi connectivity index (χ4n) is 1.70. The average Bonchev–Trinajstić information content (AvgIpc) is 2.89. The number of thiazole rings is 1. The van der Waals surface area contributed by atoms with Crippen LogP contribution in [0.2, 0.25) is 0 Å². The maximum atomic E-state index is 11.8. The van der Waals surface area contributed by atoms with E-state index < -0.39 is 6.04 Å². The molecule has 0 spiro atoms. The average molecular weight is 407 g/mol. The van der Waals surface area contributed by atoms with Gasteiger partial charge in [-0.05, 0) is 17.7 Å². The third-order valence-corrected chi connectivity index (χ3v) is 4.20. The zero-order valence-corrected chi connectivity index (χ0v) is 15.1. The molecule has 5 nitrogen and oxygen atoms in total. The molecule has 0 saturated heterocycles. The maximum absolute atomic E-state index is 11.8. The van der Waals surface area contributed by atoms with Crippen molar-refractivity contribution in [1.82, 2.24) is 4.98 Å². The van der Waals surface area contributed by atoms with Crippen molar-refractivity contribution < 1.29 is 9.53 Å². The van der Waals surface area contributed by atoms with E-state index in [4.69, 9.17) is 10.5 Å². The second-order valence-electron chi connectivity index (χ2n) is 4.49. The minimum absolute atomic E-state index is 0. The van der Waals surface area contributed by atoms with Gasteiger partial charge >= 0.3 is 0 Å². The lowest BCUT2D eigenvalue weighted by Crippen LogP contribution is -2.39. The van der Waals surface area contributed by atoms with E-state index in [1.807, 2.05) is 12.1 Å². The van der Waals surface area contributed by atoms with Gasteiger partial charge in [0.15, 0.2) is 5.13 Å². The molecule has 1 aromatic carbocycles. The van der Waals surface area contributed by atoms with Gasteiger partial charge in [-0.3, -0.25) is 4.79 Å². The first-order valence-electron chi connectivity index (χ1n) is 6.33. The number of hydrogen-bond donors (Lipinski definition) is 2. The van der Waals surface area contributed by atoms with Crippen LogP contribution in [-0.2, 0) is 16.0 Å². The third-order valence-electron chi connectivity index (χ3n) is 2.76. The van der Waals surface area contributed by atoms with Gasteiger partial charge in [-0.25, -0.2) is 4.98 Å². The zero-order valence-electron chi connectivity index (χ0n) is 11.9. The van der Waals surface area contributed by atoms with Crippen molar-refractivity contribution in [1.29, 1.82) is 0 Å². The van der Waals surface area contributed by atoms with Gasteiger partial charge in [-0.15, -0.1) is 23.7 Å². The molecule has 2 rings (SSSR count). The number of aromatic nitrogens is 1. The van der Waals surface area contributed by atoms with E-state index in [1.165, 1.54) is 24.0 Å². The molecule has 0 aliphatic carbocycles. The molecule has 0 saturated carbocycles. The van der Waals surface area contributed by atoms with E-state index in [0.29, 0.717) is 5.13 Å². The molecule has 0 aliphatic heterocycles. The summed E-state index contributed by atoms with van der Waals surface area (Å²) < 4.78 is 5.90. The van der Waals surface area contributed by atoms with Crippen LogP contribution in [0.3, 0.4) is 0 Å². The Balaban J connectivity index is 0.00000242. The Labute approximate surface area is 147 Å². The van der Waals surface area contributed by atoms with Crippen molar-refractivity contribution >= 4 is 50.7 Å². The van der Waals surface area contributed by atoms with Crippen LogP contribution in [0, 0.1) is 0 Å². The van der Waals surface area contributed by atoms with E-state index in [9.17, 15) is 4.79 Å². The number of nitrogens with one attached hydrogen (secondary N) is 1. The Bertz CT molecular complexity index is 606. The lowest BCUT2D eigenvalue weighted by atomic mass is 10.1. The van der Waals surface area contributed by atoms with E-state index in [-0.39, 0.29) is 24.9 Å². The molecule has 8 heteroatoms. The Morgan fingerprint density at radius 3 is 2.77 bits per heavy atom. The first-order chi connectivity index (χ1) is 10.1. The quantitative estimate of drug-likeness (QED) is 0.773. The van der Waals surface area contributed by atoms with Crippen LogP contribution in [0.15, 0.2) is 34.9 Å². The van der Waals surface area contributed by atoms with Crippen LogP contribution in [0.5, 0.6) is 0 Å². The van der Waals surface area contributed by atoms with Crippen LogP contribution in [0.1, 0.15) is 10.4 Å². The maximum Gasteiger partial charge on any atom is 0.245 e. The van der Waals surface area contributed by atoms with Gasteiger partial charge in [0.05, 0.1) is 6.61 Å². The topological polar surface area (TPSA) is 77.2 Å². The Morgan fingerprint density at radius 1 is 1.45 bits per heavy atom. The first kappa shape index (κ1) is 19.1. The van der Waals surface area contributed by atoms with Gasteiger partial charge in [0.1, 0.15) is 6.04 Å². The number of amides is 1. The number of nitrogens with two attached hydrogens (primary N) is 1. The Hall–Kier alpha value is -0.990. The fourth-order valence-corrected chi connectivity index (χ4v) is 2.82. The molecule has 0 radical (unpaired) electrons. The molecule has 0 aliphatic rings. The number of ether oxygens (including phenoxy) is 1. The highest BCUT2D eigenvalue weighted by atomic mass is 79.9. The molecule has 0 bridgehead atoms. The SMILES string of the molecule is COCC(N)C(=O)Nc1ncc(Cc2ccc(Br)cc2)s1.Cl. The van der Waals surface area contributed by atoms with E-state index >= 15 is 0 Å². The van der Waals surface area contributed by atoms with Gasteiger partial charge in [0.2, 0.25) is 5.91 Å². The van der Waals surface area contributed by atoms with Gasteiger partial charge < -0.3 is 15.8 Å². The smallest absolute Gasteiger partial charge is 0.245 e. The summed E-state index contributed by atoms with van der Waals surface area (Å²) in [6.45, 7) is 0.183. The van der Waals surface area contributed by atoms with Crippen molar-refractivity contribution in [3.8, 4) is 0 Å². The summed E-state index contributed by atoms with van der Waals surface area (Å²) in [4.78, 5) is 17.0. The highest BCUT2D eigenvalue weighted by Gasteiger charge is 2.14. The fraction of sp³-hybridized carbons (Fsp3) is 0.286. The molecule has 1 atom stereocenters. The molecule has 1 unspecified atom stereocenters. The number of anilines is 1. The van der Waals surface area contributed by atoms with Crippen molar-refractivity contribution in [2.75, 3.05) is 19.0 Å². The number of hydrogen-bond acceptors (Lipinski definition) is 5. The number of benzene rings is 1. The Morgan fingerprint density at radius 2 is 2.14 bits per heavy atom. The summed E-state index contributed by atoms with van der Waals surface area (Å²) in [5.74, 6) is -0.290. The summed E-state index contributed by atoms with van der Waals surface area (Å²) in [6, 6.07) is 7.42. The monoisotopic (exact) mass is 405 g/mol. The molecular weight excluding hydrogens is 390 g/mol.